The van der Waals surface area contributed by atoms with Gasteiger partial charge in [-0.1, -0.05) is 24.3 Å². The Morgan fingerprint density at radius 2 is 1.93 bits per heavy atom. The summed E-state index contributed by atoms with van der Waals surface area (Å²) in [5.41, 5.74) is 0.288. The molecule has 150 valence electrons. The molecular formula is C20H18FN3O5. The molecule has 3 rings (SSSR count). The lowest BCUT2D eigenvalue weighted by atomic mass is 10.0. The first kappa shape index (κ1) is 19.9. The highest BCUT2D eigenvalue weighted by molar-refractivity contribution is 5.93. The van der Waals surface area contributed by atoms with Crippen LogP contribution in [-0.4, -0.2) is 39.0 Å². The molecule has 1 atom stereocenters. The van der Waals surface area contributed by atoms with E-state index in [4.69, 9.17) is 4.74 Å². The Hall–Kier alpha value is -3.88. The van der Waals surface area contributed by atoms with Gasteiger partial charge in [0.25, 0.3) is 5.91 Å². The van der Waals surface area contributed by atoms with E-state index in [1.54, 1.807) is 30.3 Å². The number of hydrogen-bond acceptors (Lipinski definition) is 5. The monoisotopic (exact) mass is 399 g/mol. The van der Waals surface area contributed by atoms with Gasteiger partial charge in [-0.15, -0.1) is 0 Å². The van der Waals surface area contributed by atoms with E-state index in [1.165, 1.54) is 19.2 Å². The van der Waals surface area contributed by atoms with Gasteiger partial charge in [-0.2, -0.15) is 5.10 Å². The first-order valence-corrected chi connectivity index (χ1v) is 8.60. The number of aromatic hydroxyl groups is 1. The number of para-hydroxylation sites is 1. The van der Waals surface area contributed by atoms with Crippen LogP contribution in [0.4, 0.5) is 4.39 Å². The zero-order chi connectivity index (χ0) is 21.0. The topological polar surface area (TPSA) is 114 Å². The van der Waals surface area contributed by atoms with Crippen LogP contribution in [0.2, 0.25) is 0 Å². The maximum Gasteiger partial charge on any atom is 0.305 e. The number of ether oxygens (including phenoxy) is 1. The van der Waals surface area contributed by atoms with Crippen molar-refractivity contribution in [2.45, 2.75) is 12.5 Å². The van der Waals surface area contributed by atoms with Crippen molar-refractivity contribution in [3.8, 4) is 17.3 Å². The first-order chi connectivity index (χ1) is 13.9. The van der Waals surface area contributed by atoms with Crippen molar-refractivity contribution in [2.75, 3.05) is 7.11 Å². The van der Waals surface area contributed by atoms with Crippen LogP contribution in [0.15, 0.2) is 54.6 Å². The molecule has 1 amide bonds. The molecule has 0 radical (unpaired) electrons. The Labute approximate surface area is 165 Å². The van der Waals surface area contributed by atoms with Crippen molar-refractivity contribution in [3.05, 3.63) is 71.7 Å². The minimum atomic E-state index is -1.24. The highest BCUT2D eigenvalue weighted by atomic mass is 19.1. The van der Waals surface area contributed by atoms with Crippen molar-refractivity contribution in [1.29, 1.82) is 0 Å². The van der Waals surface area contributed by atoms with E-state index in [9.17, 15) is 24.2 Å². The summed E-state index contributed by atoms with van der Waals surface area (Å²) < 4.78 is 20.7. The zero-order valence-electron chi connectivity index (χ0n) is 15.4. The highest BCUT2D eigenvalue weighted by Crippen LogP contribution is 2.30. The Morgan fingerprint density at radius 3 is 2.59 bits per heavy atom. The summed E-state index contributed by atoms with van der Waals surface area (Å²) in [6.07, 6.45) is -0.575. The molecule has 0 fully saturated rings. The second kappa shape index (κ2) is 8.42. The van der Waals surface area contributed by atoms with Crippen LogP contribution < -0.4 is 10.1 Å². The van der Waals surface area contributed by atoms with Crippen LogP contribution in [0.3, 0.4) is 0 Å². The molecule has 3 aromatic rings. The zero-order valence-corrected chi connectivity index (χ0v) is 15.4. The number of methoxy groups -OCH3 is 1. The van der Waals surface area contributed by atoms with Crippen LogP contribution >= 0.6 is 0 Å². The Bertz CT molecular complexity index is 1040. The van der Waals surface area contributed by atoms with Crippen molar-refractivity contribution in [2.24, 2.45) is 0 Å². The third-order valence-electron chi connectivity index (χ3n) is 4.19. The molecule has 0 saturated heterocycles. The van der Waals surface area contributed by atoms with Gasteiger partial charge >= 0.3 is 5.97 Å². The van der Waals surface area contributed by atoms with E-state index in [0.29, 0.717) is 5.69 Å². The third-order valence-corrected chi connectivity index (χ3v) is 4.19. The molecule has 0 aliphatic rings. The molecule has 2 aromatic carbocycles. The summed E-state index contributed by atoms with van der Waals surface area (Å²) >= 11 is 0. The van der Waals surface area contributed by atoms with Gasteiger partial charge in [0.2, 0.25) is 5.88 Å². The van der Waals surface area contributed by atoms with Crippen LogP contribution in [0.1, 0.15) is 28.5 Å². The fourth-order valence-corrected chi connectivity index (χ4v) is 2.91. The number of rotatable bonds is 7. The molecule has 0 aliphatic heterocycles. The average Bonchev–Trinajstić information content (AvgIpc) is 3.09. The number of nitrogens with one attached hydrogen (secondary N) is 1. The summed E-state index contributed by atoms with van der Waals surface area (Å²) in [5, 5.41) is 25.8. The molecule has 0 spiro atoms. The van der Waals surface area contributed by atoms with E-state index >= 15 is 0 Å². The van der Waals surface area contributed by atoms with Crippen LogP contribution in [-0.2, 0) is 4.79 Å². The fourth-order valence-electron chi connectivity index (χ4n) is 2.91. The predicted molar refractivity (Wildman–Crippen MR) is 101 cm³/mol. The van der Waals surface area contributed by atoms with Gasteiger partial charge in [0.15, 0.2) is 5.69 Å². The summed E-state index contributed by atoms with van der Waals surface area (Å²) in [4.78, 5) is 23.9. The number of carbonyl (C=O) groups is 2. The number of aromatic nitrogens is 2. The normalized spacial score (nSPS) is 11.7. The molecule has 29 heavy (non-hydrogen) atoms. The predicted octanol–water partition coefficient (Wildman–Crippen LogP) is 2.67. The maximum absolute atomic E-state index is 14.4. The number of aliphatic carboxylic acids is 1. The fraction of sp³-hybridized carbons (Fsp3) is 0.150. The Balaban J connectivity index is 1.92. The van der Waals surface area contributed by atoms with Gasteiger partial charge in [-0.05, 0) is 24.3 Å². The van der Waals surface area contributed by atoms with E-state index in [1.807, 2.05) is 0 Å². The lowest BCUT2D eigenvalue weighted by molar-refractivity contribution is -0.137. The second-order valence-electron chi connectivity index (χ2n) is 6.11. The van der Waals surface area contributed by atoms with Gasteiger partial charge in [0.05, 0.1) is 30.8 Å². The van der Waals surface area contributed by atoms with Gasteiger partial charge in [0.1, 0.15) is 11.6 Å². The molecule has 0 aliphatic carbocycles. The molecule has 1 heterocycles. The molecule has 9 heteroatoms. The number of amides is 1. The van der Waals surface area contributed by atoms with Crippen LogP contribution in [0.5, 0.6) is 11.6 Å². The van der Waals surface area contributed by atoms with Crippen LogP contribution in [0.25, 0.3) is 5.69 Å². The number of carboxylic acids is 1. The summed E-state index contributed by atoms with van der Waals surface area (Å²) in [5.74, 6) is -2.90. The van der Waals surface area contributed by atoms with E-state index < -0.39 is 30.2 Å². The molecular weight excluding hydrogens is 381 g/mol. The minimum absolute atomic E-state index is 0.0857. The van der Waals surface area contributed by atoms with Crippen molar-refractivity contribution in [3.63, 3.8) is 0 Å². The first-order valence-electron chi connectivity index (χ1n) is 8.60. The smallest absolute Gasteiger partial charge is 0.305 e. The largest absolute Gasteiger partial charge is 0.496 e. The van der Waals surface area contributed by atoms with Crippen molar-refractivity contribution < 1.29 is 28.9 Å². The molecule has 3 N–H and O–H groups in total. The van der Waals surface area contributed by atoms with Gasteiger partial charge < -0.3 is 20.3 Å². The number of carbonyl (C=O) groups excluding carboxylic acids is 1. The van der Waals surface area contributed by atoms with Gasteiger partial charge in [-0.3, -0.25) is 9.59 Å². The number of benzene rings is 2. The lowest BCUT2D eigenvalue weighted by Crippen LogP contribution is -2.31. The third kappa shape index (κ3) is 4.34. The summed E-state index contributed by atoms with van der Waals surface area (Å²) in [6, 6.07) is 12.6. The SMILES string of the molecule is COc1cccc(F)c1C(CC(=O)O)NC(=O)c1cc(O)n(-c2ccccc2)n1. The Kier molecular flexibility index (Phi) is 5.77. The second-order valence-corrected chi connectivity index (χ2v) is 6.11. The summed E-state index contributed by atoms with van der Waals surface area (Å²) in [6.45, 7) is 0. The molecule has 1 unspecified atom stereocenters. The number of carboxylic acid groups (broad SMARTS) is 1. The Morgan fingerprint density at radius 1 is 1.21 bits per heavy atom. The van der Waals surface area contributed by atoms with Crippen LogP contribution in [0, 0.1) is 5.82 Å². The maximum atomic E-state index is 14.4. The lowest BCUT2D eigenvalue weighted by Gasteiger charge is -2.20. The number of halogens is 1. The van der Waals surface area contributed by atoms with E-state index in [-0.39, 0.29) is 22.9 Å². The summed E-state index contributed by atoms with van der Waals surface area (Å²) in [7, 11) is 1.32. The average molecular weight is 399 g/mol. The van der Waals surface area contributed by atoms with E-state index in [2.05, 4.69) is 10.4 Å². The molecule has 8 nitrogen and oxygen atoms in total. The van der Waals surface area contributed by atoms with Crippen molar-refractivity contribution >= 4 is 11.9 Å². The van der Waals surface area contributed by atoms with E-state index in [0.717, 1.165) is 16.8 Å². The number of nitrogens with zero attached hydrogens (tertiary/aromatic N) is 2. The van der Waals surface area contributed by atoms with Gasteiger partial charge in [-0.25, -0.2) is 9.07 Å². The van der Waals surface area contributed by atoms with Gasteiger partial charge in [0, 0.05) is 6.07 Å². The standard InChI is InChI=1S/C20H18FN3O5/c1-29-16-9-5-8-13(21)19(16)14(11-18(26)27)22-20(28)15-10-17(25)24(23-15)12-6-3-2-4-7-12/h2-10,14,25H,11H2,1H3,(H,22,28)(H,26,27). The number of hydrogen-bond donors (Lipinski definition) is 3. The molecule has 1 aromatic heterocycles. The highest BCUT2D eigenvalue weighted by Gasteiger charge is 2.26. The van der Waals surface area contributed by atoms with Crippen molar-refractivity contribution in [1.82, 2.24) is 15.1 Å². The molecule has 0 saturated carbocycles. The minimum Gasteiger partial charge on any atom is -0.496 e. The molecule has 0 bridgehead atoms. The quantitative estimate of drug-likeness (QED) is 0.563.